The first-order valence-electron chi connectivity index (χ1n) is 12.4. The van der Waals surface area contributed by atoms with Crippen molar-refractivity contribution in [2.24, 2.45) is 0 Å². The van der Waals surface area contributed by atoms with Crippen molar-refractivity contribution < 1.29 is 13.6 Å². The van der Waals surface area contributed by atoms with Crippen LogP contribution in [0.5, 0.6) is 11.5 Å². The fourth-order valence-electron chi connectivity index (χ4n) is 4.37. The first-order valence-corrected chi connectivity index (χ1v) is 14.2. The third-order valence-electron chi connectivity index (χ3n) is 6.61. The van der Waals surface area contributed by atoms with E-state index in [4.69, 9.17) is 9.05 Å². The smallest absolute Gasteiger partial charge is 0.415 e. The van der Waals surface area contributed by atoms with Crippen LogP contribution in [0.2, 0.25) is 0 Å². The highest BCUT2D eigenvalue weighted by Crippen LogP contribution is 2.61. The van der Waals surface area contributed by atoms with Crippen LogP contribution in [0.4, 0.5) is 0 Å². The third-order valence-corrected chi connectivity index (χ3v) is 8.26. The van der Waals surface area contributed by atoms with Gasteiger partial charge in [0.1, 0.15) is 17.7 Å². The van der Waals surface area contributed by atoms with Crippen LogP contribution in [-0.4, -0.2) is 0 Å². The molecule has 0 saturated carbocycles. The van der Waals surface area contributed by atoms with E-state index < -0.39 is 7.60 Å². The maximum atomic E-state index is 14.1. The number of benzene rings is 2. The minimum atomic E-state index is -3.42. The minimum absolute atomic E-state index is 0.00875. The topological polar surface area (TPSA) is 35.5 Å². The third kappa shape index (κ3) is 5.40. The molecule has 1 atom stereocenters. The summed E-state index contributed by atoms with van der Waals surface area (Å²) in [4.78, 5) is 0. The Hall–Kier alpha value is -1.73. The first-order chi connectivity index (χ1) is 15.1. The zero-order valence-corrected chi connectivity index (χ0v) is 24.6. The molecule has 0 fully saturated rings. The lowest BCUT2D eigenvalue weighted by molar-refractivity contribution is 0.383. The predicted molar refractivity (Wildman–Crippen MR) is 145 cm³/mol. The number of fused-ring (bicyclic) bond motifs is 1. The molecule has 3 nitrogen and oxygen atoms in total. The lowest BCUT2D eigenvalue weighted by atomic mass is 9.75. The van der Waals surface area contributed by atoms with Gasteiger partial charge in [0.05, 0.1) is 0 Å². The van der Waals surface area contributed by atoms with Crippen LogP contribution < -0.4 is 9.05 Å². The first kappa shape index (κ1) is 26.9. The Balaban J connectivity index is 2.17. The number of aryl methyl sites for hydroxylation is 1. The van der Waals surface area contributed by atoms with E-state index in [0.717, 1.165) is 33.8 Å². The average Bonchev–Trinajstić information content (AvgIpc) is 2.94. The molecule has 1 heterocycles. The minimum Gasteiger partial charge on any atom is -0.415 e. The fourth-order valence-corrected chi connectivity index (χ4v) is 6.21. The molecule has 0 amide bonds. The predicted octanol–water partition coefficient (Wildman–Crippen LogP) is 9.35. The molecule has 3 rings (SSSR count). The molecule has 0 bridgehead atoms. The van der Waals surface area contributed by atoms with E-state index in [1.165, 1.54) is 11.1 Å². The molecular weight excluding hydrogens is 439 g/mol. The summed E-state index contributed by atoms with van der Waals surface area (Å²) < 4.78 is 26.9. The fraction of sp³-hybridized carbons (Fsp3) is 0.600. The van der Waals surface area contributed by atoms with Crippen LogP contribution in [-0.2, 0) is 32.4 Å². The summed E-state index contributed by atoms with van der Waals surface area (Å²) >= 11 is 0. The van der Waals surface area contributed by atoms with Gasteiger partial charge in [0.2, 0.25) is 0 Å². The van der Waals surface area contributed by atoms with Gasteiger partial charge >= 0.3 is 7.60 Å². The van der Waals surface area contributed by atoms with Crippen molar-refractivity contribution in [2.45, 2.75) is 118 Å². The van der Waals surface area contributed by atoms with Gasteiger partial charge in [-0.3, -0.25) is 0 Å². The summed E-state index contributed by atoms with van der Waals surface area (Å²) in [5.41, 5.74) is 6.26. The molecule has 0 aromatic heterocycles. The van der Waals surface area contributed by atoms with Gasteiger partial charge in [-0.05, 0) is 45.3 Å². The highest BCUT2D eigenvalue weighted by Gasteiger charge is 2.41. The Kier molecular flexibility index (Phi) is 6.45. The second kappa shape index (κ2) is 8.16. The molecule has 34 heavy (non-hydrogen) atoms. The molecule has 2 aromatic rings. The Morgan fingerprint density at radius 2 is 1.15 bits per heavy atom. The van der Waals surface area contributed by atoms with Crippen molar-refractivity contribution >= 4 is 7.60 Å². The van der Waals surface area contributed by atoms with Gasteiger partial charge in [0.25, 0.3) is 0 Å². The summed E-state index contributed by atoms with van der Waals surface area (Å²) in [7, 11) is -3.42. The van der Waals surface area contributed by atoms with Gasteiger partial charge in [0, 0.05) is 16.7 Å². The van der Waals surface area contributed by atoms with Gasteiger partial charge < -0.3 is 9.05 Å². The molecule has 0 saturated heterocycles. The van der Waals surface area contributed by atoms with Gasteiger partial charge in [-0.15, -0.1) is 0 Å². The van der Waals surface area contributed by atoms with Crippen molar-refractivity contribution in [3.05, 3.63) is 57.6 Å². The molecule has 1 unspecified atom stereocenters. The Morgan fingerprint density at radius 3 is 1.56 bits per heavy atom. The normalized spacial score (nSPS) is 19.1. The second-order valence-corrected chi connectivity index (χ2v) is 16.0. The molecule has 0 aliphatic carbocycles. The molecule has 2 aromatic carbocycles. The van der Waals surface area contributed by atoms with E-state index in [9.17, 15) is 4.57 Å². The molecule has 1 aliphatic rings. The summed E-state index contributed by atoms with van der Waals surface area (Å²) in [5.74, 6) is 1.44. The van der Waals surface area contributed by atoms with E-state index in [0.29, 0.717) is 6.16 Å². The van der Waals surface area contributed by atoms with E-state index in [2.05, 4.69) is 107 Å². The van der Waals surface area contributed by atoms with Crippen molar-refractivity contribution in [2.75, 3.05) is 0 Å². The van der Waals surface area contributed by atoms with Crippen LogP contribution in [0.15, 0.2) is 24.3 Å². The van der Waals surface area contributed by atoms with Crippen LogP contribution in [0.1, 0.15) is 116 Å². The maximum Gasteiger partial charge on any atom is 0.435 e. The van der Waals surface area contributed by atoms with Crippen molar-refractivity contribution in [1.82, 2.24) is 0 Å². The van der Waals surface area contributed by atoms with Crippen LogP contribution in [0, 0.1) is 6.92 Å². The largest absolute Gasteiger partial charge is 0.435 e. The average molecular weight is 485 g/mol. The van der Waals surface area contributed by atoms with Gasteiger partial charge in [-0.25, -0.2) is 4.57 Å². The van der Waals surface area contributed by atoms with Crippen LogP contribution in [0.3, 0.4) is 0 Å². The summed E-state index contributed by atoms with van der Waals surface area (Å²) in [6.07, 6.45) is 0.293. The number of rotatable bonds is 2. The lowest BCUT2D eigenvalue weighted by Gasteiger charge is -2.33. The second-order valence-electron chi connectivity index (χ2n) is 14.1. The molecular formula is C30H45O3P. The monoisotopic (exact) mass is 484 g/mol. The Morgan fingerprint density at radius 1 is 0.706 bits per heavy atom. The van der Waals surface area contributed by atoms with Gasteiger partial charge in [-0.2, -0.15) is 0 Å². The van der Waals surface area contributed by atoms with Crippen molar-refractivity contribution in [1.29, 1.82) is 0 Å². The zero-order valence-electron chi connectivity index (χ0n) is 23.7. The molecule has 0 radical (unpaired) electrons. The van der Waals surface area contributed by atoms with E-state index >= 15 is 0 Å². The molecule has 188 valence electrons. The number of hydrogen-bond donors (Lipinski definition) is 0. The zero-order chi connectivity index (χ0) is 26.1. The van der Waals surface area contributed by atoms with Crippen LogP contribution in [0.25, 0.3) is 0 Å². The number of hydrogen-bond acceptors (Lipinski definition) is 3. The molecule has 1 aliphatic heterocycles. The van der Waals surface area contributed by atoms with Crippen molar-refractivity contribution in [3.8, 4) is 11.5 Å². The van der Waals surface area contributed by atoms with Gasteiger partial charge in [0.15, 0.2) is 0 Å². The quantitative estimate of drug-likeness (QED) is 0.398. The Labute approximate surface area is 208 Å². The van der Waals surface area contributed by atoms with Gasteiger partial charge in [-0.1, -0.05) is 107 Å². The lowest BCUT2D eigenvalue weighted by Crippen LogP contribution is -2.23. The van der Waals surface area contributed by atoms with E-state index in [1.54, 1.807) is 0 Å². The highest BCUT2D eigenvalue weighted by molar-refractivity contribution is 7.54. The van der Waals surface area contributed by atoms with E-state index in [1.807, 2.05) is 6.92 Å². The van der Waals surface area contributed by atoms with E-state index in [-0.39, 0.29) is 21.7 Å². The van der Waals surface area contributed by atoms with Crippen LogP contribution >= 0.6 is 7.60 Å². The SMILES string of the molecule is Cc1cc(C(C)(C)C)cc2c1OP(=O)(Oc1c(C(C)(C)C)cc(C(C)(C)C)cc1C(C)(C)C)C2. The molecule has 0 spiro atoms. The summed E-state index contributed by atoms with van der Waals surface area (Å²) in [6.45, 7) is 28.4. The van der Waals surface area contributed by atoms with Crippen molar-refractivity contribution in [3.63, 3.8) is 0 Å². The Bertz CT molecular complexity index is 1110. The maximum absolute atomic E-state index is 14.1. The molecule has 0 N–H and O–H groups in total. The summed E-state index contributed by atoms with van der Waals surface area (Å²) in [6, 6.07) is 8.77. The summed E-state index contributed by atoms with van der Waals surface area (Å²) in [5, 5.41) is 0. The molecule has 4 heteroatoms. The highest BCUT2D eigenvalue weighted by atomic mass is 31.2. The standard InChI is InChI=1S/C30H45O3P/c1-19-14-21(27(2,3)4)15-20-18-34(31,32-25(19)20)33-26-23(29(8,9)10)16-22(28(5,6)7)17-24(26)30(11,12)13/h14-17H,18H2,1-13H3.